The van der Waals surface area contributed by atoms with Gasteiger partial charge in [-0.15, -0.1) is 0 Å². The van der Waals surface area contributed by atoms with Crippen LogP contribution < -0.4 is 9.80 Å². The fraction of sp³-hybridized carbons (Fsp3) is 0.143. The van der Waals surface area contributed by atoms with Crippen molar-refractivity contribution in [3.05, 3.63) is 96.6 Å². The van der Waals surface area contributed by atoms with Gasteiger partial charge in [0.05, 0.1) is 33.5 Å². The van der Waals surface area contributed by atoms with E-state index in [4.69, 9.17) is 19.9 Å². The van der Waals surface area contributed by atoms with Gasteiger partial charge in [-0.05, 0) is 55.0 Å². The molecule has 200 valence electrons. The van der Waals surface area contributed by atoms with Crippen LogP contribution in [-0.4, -0.2) is 48.1 Å². The molecule has 0 bridgehead atoms. The molecule has 4 heterocycles. The van der Waals surface area contributed by atoms with Crippen molar-refractivity contribution in [2.24, 2.45) is 0 Å². The molecule has 3 aromatic carbocycles. The molecule has 41 heavy (non-hydrogen) atoms. The zero-order valence-electron chi connectivity index (χ0n) is 23.8. The average Bonchev–Trinajstić information content (AvgIpc) is 2.99. The van der Waals surface area contributed by atoms with Crippen LogP contribution in [0.1, 0.15) is 5.56 Å². The minimum absolute atomic E-state index is 0.915. The maximum atomic E-state index is 5.13. The first-order valence-electron chi connectivity index (χ1n) is 13.7. The van der Waals surface area contributed by atoms with Gasteiger partial charge in [0, 0.05) is 60.9 Å². The molecule has 0 atom stereocenters. The number of hydrogen-bond donors (Lipinski definition) is 0. The van der Waals surface area contributed by atoms with E-state index in [-0.39, 0.29) is 0 Å². The first-order chi connectivity index (χ1) is 19.9. The number of nitrogens with zero attached hydrogens (tertiary/aromatic N) is 6. The van der Waals surface area contributed by atoms with Crippen molar-refractivity contribution in [2.75, 3.05) is 38.0 Å². The Hall–Kier alpha value is -5.10. The standard InChI is InChI=1S/C35H30N6/c1-21-20-26(28-16-11-22-6-8-24-13-18-30(40(2)3)38-34(24)32(22)36-28)10-15-27(21)29-17-12-23-7-9-25-14-19-31(41(4)5)39-35(25)33(23)37-29/h6-20H,1-5H3. The van der Waals surface area contributed by atoms with E-state index in [2.05, 4.69) is 85.8 Å². The lowest BCUT2D eigenvalue weighted by molar-refractivity contribution is 1.08. The molecular weight excluding hydrogens is 504 g/mol. The lowest BCUT2D eigenvalue weighted by Crippen LogP contribution is -2.10. The lowest BCUT2D eigenvalue weighted by Gasteiger charge is -2.14. The number of rotatable bonds is 4. The molecule has 0 amide bonds. The summed E-state index contributed by atoms with van der Waals surface area (Å²) in [5, 5.41) is 4.33. The molecule has 0 radical (unpaired) electrons. The third-order valence-electron chi connectivity index (χ3n) is 7.72. The molecule has 0 saturated carbocycles. The van der Waals surface area contributed by atoms with Gasteiger partial charge < -0.3 is 9.80 Å². The number of benzene rings is 3. The van der Waals surface area contributed by atoms with Gasteiger partial charge in [0.2, 0.25) is 0 Å². The number of anilines is 2. The normalized spacial score (nSPS) is 11.5. The van der Waals surface area contributed by atoms with Crippen molar-refractivity contribution < 1.29 is 0 Å². The Balaban J connectivity index is 1.32. The van der Waals surface area contributed by atoms with Crippen LogP contribution in [0.15, 0.2) is 91.0 Å². The highest BCUT2D eigenvalue weighted by Crippen LogP contribution is 2.32. The largest absolute Gasteiger partial charge is 0.363 e. The van der Waals surface area contributed by atoms with Gasteiger partial charge in [-0.3, -0.25) is 0 Å². The van der Waals surface area contributed by atoms with E-state index in [0.29, 0.717) is 0 Å². The molecular formula is C35H30N6. The van der Waals surface area contributed by atoms with Crippen LogP contribution in [0.4, 0.5) is 11.6 Å². The summed E-state index contributed by atoms with van der Waals surface area (Å²) < 4.78 is 0. The molecule has 0 aliphatic rings. The predicted octanol–water partition coefficient (Wildman–Crippen LogP) is 7.65. The average molecular weight is 535 g/mol. The summed E-state index contributed by atoms with van der Waals surface area (Å²) in [5.41, 5.74) is 8.84. The summed E-state index contributed by atoms with van der Waals surface area (Å²) in [6.07, 6.45) is 0. The highest BCUT2D eigenvalue weighted by atomic mass is 15.1. The SMILES string of the molecule is Cc1cc(-c2ccc3ccc4ccc(N(C)C)nc4c3n2)ccc1-c1ccc2ccc3ccc(N(C)C)nc3c2n1. The van der Waals surface area contributed by atoms with Gasteiger partial charge in [0.25, 0.3) is 0 Å². The highest BCUT2D eigenvalue weighted by Gasteiger charge is 2.12. The zero-order chi connectivity index (χ0) is 28.2. The van der Waals surface area contributed by atoms with Crippen molar-refractivity contribution in [1.29, 1.82) is 0 Å². The summed E-state index contributed by atoms with van der Waals surface area (Å²) in [6.45, 7) is 2.14. The maximum absolute atomic E-state index is 5.13. The topological polar surface area (TPSA) is 58.0 Å². The molecule has 0 N–H and O–H groups in total. The Labute approximate surface area is 238 Å². The molecule has 0 unspecified atom stereocenters. The molecule has 0 spiro atoms. The van der Waals surface area contributed by atoms with Crippen molar-refractivity contribution in [2.45, 2.75) is 6.92 Å². The minimum atomic E-state index is 0.915. The van der Waals surface area contributed by atoms with Crippen molar-refractivity contribution in [3.8, 4) is 22.5 Å². The molecule has 6 nitrogen and oxygen atoms in total. The first-order valence-corrected chi connectivity index (χ1v) is 13.7. The Kier molecular flexibility index (Phi) is 5.78. The van der Waals surface area contributed by atoms with Crippen molar-refractivity contribution in [3.63, 3.8) is 0 Å². The fourth-order valence-corrected chi connectivity index (χ4v) is 5.43. The summed E-state index contributed by atoms with van der Waals surface area (Å²) in [5.74, 6) is 1.84. The zero-order valence-corrected chi connectivity index (χ0v) is 23.8. The third-order valence-corrected chi connectivity index (χ3v) is 7.72. The highest BCUT2D eigenvalue weighted by molar-refractivity contribution is 6.05. The lowest BCUT2D eigenvalue weighted by atomic mass is 9.99. The van der Waals surface area contributed by atoms with Gasteiger partial charge in [0.1, 0.15) is 11.6 Å². The molecule has 0 aliphatic heterocycles. The van der Waals surface area contributed by atoms with E-state index in [1.165, 1.54) is 0 Å². The van der Waals surface area contributed by atoms with Crippen LogP contribution in [0.3, 0.4) is 0 Å². The Morgan fingerprint density at radius 1 is 0.439 bits per heavy atom. The second kappa shape index (κ2) is 9.52. The second-order valence-electron chi connectivity index (χ2n) is 11.0. The van der Waals surface area contributed by atoms with Crippen molar-refractivity contribution >= 4 is 55.2 Å². The Bertz CT molecular complexity index is 2130. The van der Waals surface area contributed by atoms with Crippen LogP contribution in [0.2, 0.25) is 0 Å². The monoisotopic (exact) mass is 534 g/mol. The van der Waals surface area contributed by atoms with Crippen LogP contribution in [0.5, 0.6) is 0 Å². The van der Waals surface area contributed by atoms with E-state index in [1.807, 2.05) is 50.1 Å². The minimum Gasteiger partial charge on any atom is -0.363 e. The number of pyridine rings is 4. The number of hydrogen-bond acceptors (Lipinski definition) is 6. The maximum Gasteiger partial charge on any atom is 0.128 e. The smallest absolute Gasteiger partial charge is 0.128 e. The van der Waals surface area contributed by atoms with Gasteiger partial charge in [-0.2, -0.15) is 0 Å². The van der Waals surface area contributed by atoms with Gasteiger partial charge in [-0.25, -0.2) is 19.9 Å². The van der Waals surface area contributed by atoms with E-state index >= 15 is 0 Å². The summed E-state index contributed by atoms with van der Waals surface area (Å²) in [7, 11) is 8.03. The van der Waals surface area contributed by atoms with Gasteiger partial charge in [-0.1, -0.05) is 48.5 Å². The molecule has 0 saturated heterocycles. The van der Waals surface area contributed by atoms with Gasteiger partial charge >= 0.3 is 0 Å². The third kappa shape index (κ3) is 4.28. The van der Waals surface area contributed by atoms with Crippen LogP contribution in [-0.2, 0) is 0 Å². The van der Waals surface area contributed by atoms with Crippen LogP contribution in [0.25, 0.3) is 66.1 Å². The van der Waals surface area contributed by atoms with Crippen LogP contribution >= 0.6 is 0 Å². The predicted molar refractivity (Wildman–Crippen MR) is 172 cm³/mol. The molecule has 0 fully saturated rings. The quantitative estimate of drug-likeness (QED) is 0.216. The molecule has 4 aromatic heterocycles. The van der Waals surface area contributed by atoms with Gasteiger partial charge in [0.15, 0.2) is 0 Å². The van der Waals surface area contributed by atoms with Crippen molar-refractivity contribution in [1.82, 2.24) is 19.9 Å². The summed E-state index contributed by atoms with van der Waals surface area (Å²) in [6, 6.07) is 31.7. The summed E-state index contributed by atoms with van der Waals surface area (Å²) >= 11 is 0. The Morgan fingerprint density at radius 2 is 0.854 bits per heavy atom. The van der Waals surface area contributed by atoms with E-state index in [1.54, 1.807) is 0 Å². The summed E-state index contributed by atoms with van der Waals surface area (Å²) in [4.78, 5) is 24.1. The van der Waals surface area contributed by atoms with E-state index in [0.717, 1.165) is 83.3 Å². The second-order valence-corrected chi connectivity index (χ2v) is 11.0. The molecule has 6 heteroatoms. The number of aromatic nitrogens is 4. The Morgan fingerprint density at radius 3 is 1.34 bits per heavy atom. The molecule has 0 aliphatic carbocycles. The van der Waals surface area contributed by atoms with E-state index < -0.39 is 0 Å². The number of aryl methyl sites for hydroxylation is 1. The first kappa shape index (κ1) is 24.9. The number of fused-ring (bicyclic) bond motifs is 6. The molecule has 7 rings (SSSR count). The molecule has 7 aromatic rings. The van der Waals surface area contributed by atoms with Crippen LogP contribution in [0, 0.1) is 6.92 Å². The fourth-order valence-electron chi connectivity index (χ4n) is 5.43. The van der Waals surface area contributed by atoms with E-state index in [9.17, 15) is 0 Å².